The molecule has 0 unspecified atom stereocenters. The summed E-state index contributed by atoms with van der Waals surface area (Å²) in [6, 6.07) is 2.79. The standard InChI is InChI=1S/C11H14BrF3N2O2S/c1-2-16-5-6-20(18,19)17-10-7-8(11(13,14)15)3-4-9(10)12/h3-4,7,16-17H,2,5-6H2,1H3. The Kier molecular flexibility index (Phi) is 5.84. The molecule has 0 bridgehead atoms. The predicted octanol–water partition coefficient (Wildman–Crippen LogP) is 2.82. The van der Waals surface area contributed by atoms with Crippen molar-refractivity contribution in [2.75, 3.05) is 23.6 Å². The Labute approximate surface area is 123 Å². The first kappa shape index (κ1) is 17.3. The van der Waals surface area contributed by atoms with E-state index in [4.69, 9.17) is 0 Å². The van der Waals surface area contributed by atoms with Crippen LogP contribution in [0, 0.1) is 0 Å². The molecular formula is C11H14BrF3N2O2S. The Morgan fingerprint density at radius 1 is 1.30 bits per heavy atom. The van der Waals surface area contributed by atoms with Crippen LogP contribution >= 0.6 is 15.9 Å². The van der Waals surface area contributed by atoms with Crippen LogP contribution in [0.1, 0.15) is 12.5 Å². The van der Waals surface area contributed by atoms with Gasteiger partial charge in [0.2, 0.25) is 10.0 Å². The van der Waals surface area contributed by atoms with Gasteiger partial charge in [0.15, 0.2) is 0 Å². The van der Waals surface area contributed by atoms with Gasteiger partial charge in [0.25, 0.3) is 0 Å². The lowest BCUT2D eigenvalue weighted by Crippen LogP contribution is -2.26. The quantitative estimate of drug-likeness (QED) is 0.752. The Bertz CT molecular complexity index is 561. The Hall–Kier alpha value is -0.800. The van der Waals surface area contributed by atoms with Crippen molar-refractivity contribution >= 4 is 31.6 Å². The van der Waals surface area contributed by atoms with Gasteiger partial charge in [0.1, 0.15) is 0 Å². The average Bonchev–Trinajstić information content (AvgIpc) is 2.30. The number of sulfonamides is 1. The maximum Gasteiger partial charge on any atom is 0.416 e. The highest BCUT2D eigenvalue weighted by molar-refractivity contribution is 9.10. The molecule has 0 aliphatic heterocycles. The molecule has 0 amide bonds. The maximum atomic E-state index is 12.6. The van der Waals surface area contributed by atoms with Crippen LogP contribution < -0.4 is 10.0 Å². The number of rotatable bonds is 6. The number of nitrogens with one attached hydrogen (secondary N) is 2. The van der Waals surface area contributed by atoms with Crippen molar-refractivity contribution < 1.29 is 21.6 Å². The molecule has 0 aliphatic carbocycles. The van der Waals surface area contributed by atoms with Crippen LogP contribution in [0.3, 0.4) is 0 Å². The molecule has 2 N–H and O–H groups in total. The van der Waals surface area contributed by atoms with E-state index in [1.54, 1.807) is 0 Å². The van der Waals surface area contributed by atoms with Crippen molar-refractivity contribution in [3.05, 3.63) is 28.2 Å². The van der Waals surface area contributed by atoms with Crippen molar-refractivity contribution in [2.24, 2.45) is 0 Å². The second-order valence-electron chi connectivity index (χ2n) is 3.97. The first-order valence-electron chi connectivity index (χ1n) is 5.73. The minimum Gasteiger partial charge on any atom is -0.316 e. The van der Waals surface area contributed by atoms with Gasteiger partial charge in [0, 0.05) is 11.0 Å². The summed E-state index contributed by atoms with van der Waals surface area (Å²) < 4.78 is 63.6. The van der Waals surface area contributed by atoms with Gasteiger partial charge >= 0.3 is 6.18 Å². The van der Waals surface area contributed by atoms with Gasteiger partial charge in [-0.1, -0.05) is 6.92 Å². The normalized spacial score (nSPS) is 12.4. The SMILES string of the molecule is CCNCCS(=O)(=O)Nc1cc(C(F)(F)F)ccc1Br. The number of hydrogen-bond donors (Lipinski definition) is 2. The number of benzene rings is 1. The van der Waals surface area contributed by atoms with Gasteiger partial charge in [-0.2, -0.15) is 13.2 Å². The largest absolute Gasteiger partial charge is 0.416 e. The van der Waals surface area contributed by atoms with Crippen LogP contribution in [-0.4, -0.2) is 27.3 Å². The zero-order chi connectivity index (χ0) is 15.4. The Morgan fingerprint density at radius 3 is 2.50 bits per heavy atom. The molecule has 114 valence electrons. The van der Waals surface area contributed by atoms with Gasteiger partial charge in [-0.15, -0.1) is 0 Å². The fourth-order valence-corrected chi connectivity index (χ4v) is 2.88. The molecule has 0 heterocycles. The van der Waals surface area contributed by atoms with Gasteiger partial charge in [-0.25, -0.2) is 8.42 Å². The molecule has 4 nitrogen and oxygen atoms in total. The second kappa shape index (κ2) is 6.77. The molecule has 1 rings (SSSR count). The third kappa shape index (κ3) is 5.29. The van der Waals surface area contributed by atoms with Crippen molar-refractivity contribution in [3.63, 3.8) is 0 Å². The van der Waals surface area contributed by atoms with Crippen LogP contribution in [0.15, 0.2) is 22.7 Å². The van der Waals surface area contributed by atoms with E-state index in [-0.39, 0.29) is 22.5 Å². The predicted molar refractivity (Wildman–Crippen MR) is 75.1 cm³/mol. The van der Waals surface area contributed by atoms with E-state index in [0.29, 0.717) is 6.54 Å². The molecule has 0 saturated heterocycles. The van der Waals surface area contributed by atoms with Gasteiger partial charge < -0.3 is 5.32 Å². The highest BCUT2D eigenvalue weighted by atomic mass is 79.9. The van der Waals surface area contributed by atoms with Crippen LogP contribution in [0.4, 0.5) is 18.9 Å². The molecule has 20 heavy (non-hydrogen) atoms. The lowest BCUT2D eigenvalue weighted by molar-refractivity contribution is -0.137. The van der Waals surface area contributed by atoms with Crippen molar-refractivity contribution in [1.82, 2.24) is 5.32 Å². The molecule has 1 aromatic carbocycles. The van der Waals surface area contributed by atoms with Crippen LogP contribution in [0.25, 0.3) is 0 Å². The first-order valence-corrected chi connectivity index (χ1v) is 8.18. The van der Waals surface area contributed by atoms with Crippen LogP contribution in [0.5, 0.6) is 0 Å². The molecule has 1 aromatic rings. The molecular weight excluding hydrogens is 361 g/mol. The van der Waals surface area contributed by atoms with Crippen molar-refractivity contribution in [3.8, 4) is 0 Å². The summed E-state index contributed by atoms with van der Waals surface area (Å²) in [5.74, 6) is -0.219. The molecule has 0 saturated carbocycles. The van der Waals surface area contributed by atoms with E-state index < -0.39 is 21.8 Å². The summed E-state index contributed by atoms with van der Waals surface area (Å²) in [7, 11) is -3.70. The molecule has 0 atom stereocenters. The summed E-state index contributed by atoms with van der Waals surface area (Å²) in [5, 5.41) is 2.83. The van der Waals surface area contributed by atoms with E-state index >= 15 is 0 Å². The van der Waals surface area contributed by atoms with Gasteiger partial charge in [0.05, 0.1) is 17.0 Å². The van der Waals surface area contributed by atoms with Crippen molar-refractivity contribution in [1.29, 1.82) is 0 Å². The third-order valence-electron chi connectivity index (χ3n) is 2.36. The smallest absolute Gasteiger partial charge is 0.316 e. The summed E-state index contributed by atoms with van der Waals surface area (Å²) in [4.78, 5) is 0. The van der Waals surface area contributed by atoms with E-state index in [0.717, 1.165) is 18.2 Å². The lowest BCUT2D eigenvalue weighted by Gasteiger charge is -2.13. The zero-order valence-electron chi connectivity index (χ0n) is 10.6. The molecule has 0 radical (unpaired) electrons. The fourth-order valence-electron chi connectivity index (χ4n) is 1.38. The molecule has 0 fully saturated rings. The van der Waals surface area contributed by atoms with E-state index in [1.165, 1.54) is 0 Å². The molecule has 9 heteroatoms. The van der Waals surface area contributed by atoms with Crippen molar-refractivity contribution in [2.45, 2.75) is 13.1 Å². The Morgan fingerprint density at radius 2 is 1.95 bits per heavy atom. The zero-order valence-corrected chi connectivity index (χ0v) is 13.0. The topological polar surface area (TPSA) is 58.2 Å². The first-order chi connectivity index (χ1) is 9.15. The minimum absolute atomic E-state index is 0.128. The summed E-state index contributed by atoms with van der Waals surface area (Å²) in [6.45, 7) is 2.66. The highest BCUT2D eigenvalue weighted by Gasteiger charge is 2.31. The second-order valence-corrected chi connectivity index (χ2v) is 6.66. The maximum absolute atomic E-state index is 12.6. The third-order valence-corrected chi connectivity index (χ3v) is 4.32. The highest BCUT2D eigenvalue weighted by Crippen LogP contribution is 2.34. The van der Waals surface area contributed by atoms with Crippen LogP contribution in [0.2, 0.25) is 0 Å². The monoisotopic (exact) mass is 374 g/mol. The molecule has 0 aliphatic rings. The van der Waals surface area contributed by atoms with E-state index in [2.05, 4.69) is 26.0 Å². The van der Waals surface area contributed by atoms with E-state index in [1.807, 2.05) is 6.92 Å². The van der Waals surface area contributed by atoms with E-state index in [9.17, 15) is 21.6 Å². The summed E-state index contributed by atoms with van der Waals surface area (Å²) in [6.07, 6.45) is -4.52. The summed E-state index contributed by atoms with van der Waals surface area (Å²) in [5.41, 5.74) is -1.04. The number of halogens is 4. The Balaban J connectivity index is 2.91. The summed E-state index contributed by atoms with van der Waals surface area (Å²) >= 11 is 3.02. The van der Waals surface area contributed by atoms with Gasteiger partial charge in [-0.3, -0.25) is 4.72 Å². The molecule has 0 spiro atoms. The number of anilines is 1. The molecule has 0 aromatic heterocycles. The number of hydrogen-bond acceptors (Lipinski definition) is 3. The lowest BCUT2D eigenvalue weighted by atomic mass is 10.2. The van der Waals surface area contributed by atoms with Gasteiger partial charge in [-0.05, 0) is 40.7 Å². The average molecular weight is 375 g/mol. The number of alkyl halides is 3. The van der Waals surface area contributed by atoms with Crippen LogP contribution in [-0.2, 0) is 16.2 Å². The fraction of sp³-hybridized carbons (Fsp3) is 0.455. The minimum atomic E-state index is -4.52.